The molecule has 188 valence electrons. The van der Waals surface area contributed by atoms with E-state index in [-0.39, 0.29) is 11.7 Å². The Bertz CT molecular complexity index is 1320. The molecule has 4 aromatic rings. The number of ether oxygens (including phenoxy) is 4. The average Bonchev–Trinajstić information content (AvgIpc) is 2.89. The van der Waals surface area contributed by atoms with Crippen LogP contribution in [0.3, 0.4) is 0 Å². The molecule has 1 amide bonds. The van der Waals surface area contributed by atoms with E-state index >= 15 is 0 Å². The van der Waals surface area contributed by atoms with E-state index in [4.69, 9.17) is 24.1 Å². The summed E-state index contributed by atoms with van der Waals surface area (Å²) >= 11 is 0. The number of aromatic hydroxyl groups is 1. The highest BCUT2D eigenvalue weighted by Gasteiger charge is 2.12. The molecule has 3 aromatic carbocycles. The van der Waals surface area contributed by atoms with Crippen molar-refractivity contribution in [2.24, 2.45) is 0 Å². The zero-order chi connectivity index (χ0) is 26.1. The minimum atomic E-state index is -0.115. The van der Waals surface area contributed by atoms with Gasteiger partial charge < -0.3 is 29.4 Å². The Morgan fingerprint density at radius 3 is 2.03 bits per heavy atom. The first-order chi connectivity index (χ1) is 17.4. The highest BCUT2D eigenvalue weighted by atomic mass is 16.5. The molecule has 1 aromatic heterocycles. The van der Waals surface area contributed by atoms with Crippen molar-refractivity contribution in [2.75, 3.05) is 33.8 Å². The molecular weight excluding hydrogens is 460 g/mol. The first-order valence-electron chi connectivity index (χ1n) is 11.2. The quantitative estimate of drug-likeness (QED) is 0.343. The van der Waals surface area contributed by atoms with E-state index in [0.29, 0.717) is 35.1 Å². The van der Waals surface area contributed by atoms with Gasteiger partial charge in [-0.05, 0) is 65.5 Å². The molecule has 0 radical (unpaired) electrons. The highest BCUT2D eigenvalue weighted by Crippen LogP contribution is 2.34. The van der Waals surface area contributed by atoms with E-state index in [1.807, 2.05) is 42.6 Å². The maximum absolute atomic E-state index is 10.5. The number of methoxy groups -OCH3 is 4. The van der Waals surface area contributed by atoms with Crippen molar-refractivity contribution in [1.29, 1.82) is 0 Å². The van der Waals surface area contributed by atoms with Crippen molar-refractivity contribution in [3.8, 4) is 28.7 Å². The topological polar surface area (TPSA) is 99.1 Å². The van der Waals surface area contributed by atoms with Crippen LogP contribution in [0.4, 0.5) is 5.69 Å². The van der Waals surface area contributed by atoms with E-state index in [1.165, 1.54) is 19.1 Å². The Balaban J connectivity index is 0.000000275. The van der Waals surface area contributed by atoms with Gasteiger partial charge in [0.25, 0.3) is 0 Å². The lowest BCUT2D eigenvalue weighted by Gasteiger charge is -2.12. The molecule has 8 heteroatoms. The van der Waals surface area contributed by atoms with Crippen LogP contribution in [0, 0.1) is 0 Å². The SMILES string of the molecule is CC(=O)Nc1ccc(O)cc1.COc1ccc(Cc2nccc3cc(OC)c(OC)cc23)cc1OC. The number of phenols is 1. The van der Waals surface area contributed by atoms with Crippen LogP contribution in [0.2, 0.25) is 0 Å². The maximum Gasteiger partial charge on any atom is 0.221 e. The third-order valence-corrected chi connectivity index (χ3v) is 5.36. The van der Waals surface area contributed by atoms with Gasteiger partial charge >= 0.3 is 0 Å². The lowest BCUT2D eigenvalue weighted by molar-refractivity contribution is -0.114. The third kappa shape index (κ3) is 6.56. The van der Waals surface area contributed by atoms with Crippen LogP contribution in [0.1, 0.15) is 18.2 Å². The molecule has 0 spiro atoms. The monoisotopic (exact) mass is 490 g/mol. The molecular formula is C28H30N2O6. The summed E-state index contributed by atoms with van der Waals surface area (Å²) in [5, 5.41) is 13.6. The van der Waals surface area contributed by atoms with Gasteiger partial charge in [0, 0.05) is 30.6 Å². The molecule has 8 nitrogen and oxygen atoms in total. The number of amides is 1. The van der Waals surface area contributed by atoms with E-state index in [1.54, 1.807) is 40.6 Å². The summed E-state index contributed by atoms with van der Waals surface area (Å²) in [6.07, 6.45) is 2.48. The van der Waals surface area contributed by atoms with Gasteiger partial charge in [-0.1, -0.05) is 6.07 Å². The van der Waals surface area contributed by atoms with Crippen LogP contribution in [0.5, 0.6) is 28.7 Å². The number of benzene rings is 3. The number of nitrogens with zero attached hydrogens (tertiary/aromatic N) is 1. The number of fused-ring (bicyclic) bond motifs is 1. The molecule has 4 rings (SSSR count). The number of nitrogens with one attached hydrogen (secondary N) is 1. The number of hydrogen-bond acceptors (Lipinski definition) is 7. The number of carbonyl (C=O) groups is 1. The van der Waals surface area contributed by atoms with Gasteiger partial charge in [-0.25, -0.2) is 0 Å². The number of carbonyl (C=O) groups excluding carboxylic acids is 1. The predicted molar refractivity (Wildman–Crippen MR) is 140 cm³/mol. The van der Waals surface area contributed by atoms with E-state index in [2.05, 4.69) is 10.3 Å². The highest BCUT2D eigenvalue weighted by molar-refractivity contribution is 5.89. The van der Waals surface area contributed by atoms with Crippen molar-refractivity contribution in [3.63, 3.8) is 0 Å². The van der Waals surface area contributed by atoms with Gasteiger partial charge in [0.15, 0.2) is 23.0 Å². The van der Waals surface area contributed by atoms with E-state index in [9.17, 15) is 4.79 Å². The Kier molecular flexibility index (Phi) is 8.94. The summed E-state index contributed by atoms with van der Waals surface area (Å²) in [5.41, 5.74) is 2.74. The summed E-state index contributed by atoms with van der Waals surface area (Å²) in [6.45, 7) is 1.44. The third-order valence-electron chi connectivity index (χ3n) is 5.36. The fraction of sp³-hybridized carbons (Fsp3) is 0.214. The number of anilines is 1. The summed E-state index contributed by atoms with van der Waals surface area (Å²) in [5.74, 6) is 2.90. The zero-order valence-electron chi connectivity index (χ0n) is 21.0. The van der Waals surface area contributed by atoms with Crippen LogP contribution < -0.4 is 24.3 Å². The van der Waals surface area contributed by atoms with Gasteiger partial charge in [0.1, 0.15) is 5.75 Å². The first-order valence-corrected chi connectivity index (χ1v) is 11.2. The number of phenolic OH excluding ortho intramolecular Hbond substituents is 1. The summed E-state index contributed by atoms with van der Waals surface area (Å²) in [7, 11) is 6.53. The molecule has 0 unspecified atom stereocenters. The lowest BCUT2D eigenvalue weighted by atomic mass is 10.0. The molecule has 0 saturated carbocycles. The molecule has 0 aliphatic rings. The van der Waals surface area contributed by atoms with Crippen LogP contribution >= 0.6 is 0 Å². The van der Waals surface area contributed by atoms with Crippen molar-refractivity contribution < 1.29 is 28.8 Å². The Hall–Kier alpha value is -4.46. The zero-order valence-corrected chi connectivity index (χ0v) is 21.0. The average molecular weight is 491 g/mol. The predicted octanol–water partition coefficient (Wildman–Crippen LogP) is 5.21. The molecule has 0 fully saturated rings. The number of rotatable bonds is 7. The van der Waals surface area contributed by atoms with Gasteiger partial charge in [-0.3, -0.25) is 9.78 Å². The summed E-state index contributed by atoms with van der Waals surface area (Å²) in [6, 6.07) is 18.1. The summed E-state index contributed by atoms with van der Waals surface area (Å²) < 4.78 is 21.5. The smallest absolute Gasteiger partial charge is 0.221 e. The largest absolute Gasteiger partial charge is 0.508 e. The standard InChI is InChI=1S/C20H21NO4.C8H9NO2/c1-22-17-6-5-13(10-18(17)23-2)9-16-15-12-20(25-4)19(24-3)11-14(15)7-8-21-16;1-6(10)9-7-2-4-8(11)5-3-7/h5-8,10-12H,9H2,1-4H3;2-5,11H,1H3,(H,9,10). The van der Waals surface area contributed by atoms with Gasteiger partial charge in [0.05, 0.1) is 34.1 Å². The minimum absolute atomic E-state index is 0.115. The molecule has 0 aliphatic carbocycles. The number of aromatic nitrogens is 1. The van der Waals surface area contributed by atoms with Crippen LogP contribution in [0.15, 0.2) is 66.9 Å². The Morgan fingerprint density at radius 2 is 1.42 bits per heavy atom. The second kappa shape index (κ2) is 12.3. The molecule has 2 N–H and O–H groups in total. The number of pyridine rings is 1. The normalized spacial score (nSPS) is 10.1. The lowest BCUT2D eigenvalue weighted by Crippen LogP contribution is -2.04. The van der Waals surface area contributed by atoms with Crippen molar-refractivity contribution in [1.82, 2.24) is 4.98 Å². The van der Waals surface area contributed by atoms with Gasteiger partial charge in [-0.15, -0.1) is 0 Å². The molecule has 0 saturated heterocycles. The molecule has 1 heterocycles. The van der Waals surface area contributed by atoms with E-state index in [0.717, 1.165) is 22.0 Å². The van der Waals surface area contributed by atoms with Crippen molar-refractivity contribution in [2.45, 2.75) is 13.3 Å². The molecule has 0 aliphatic heterocycles. The summed E-state index contributed by atoms with van der Waals surface area (Å²) in [4.78, 5) is 15.1. The fourth-order valence-electron chi connectivity index (χ4n) is 3.63. The molecule has 0 bridgehead atoms. The fourth-order valence-corrected chi connectivity index (χ4v) is 3.63. The van der Waals surface area contributed by atoms with Crippen LogP contribution in [0.25, 0.3) is 10.8 Å². The second-order valence-corrected chi connectivity index (χ2v) is 7.78. The second-order valence-electron chi connectivity index (χ2n) is 7.78. The molecule has 36 heavy (non-hydrogen) atoms. The van der Waals surface area contributed by atoms with Crippen LogP contribution in [-0.4, -0.2) is 44.4 Å². The first kappa shape index (κ1) is 26.2. The maximum atomic E-state index is 10.5. The van der Waals surface area contributed by atoms with Crippen molar-refractivity contribution >= 4 is 22.4 Å². The number of hydrogen-bond donors (Lipinski definition) is 2. The minimum Gasteiger partial charge on any atom is -0.508 e. The van der Waals surface area contributed by atoms with E-state index < -0.39 is 0 Å². The molecule has 0 atom stereocenters. The van der Waals surface area contributed by atoms with Crippen LogP contribution in [-0.2, 0) is 11.2 Å². The van der Waals surface area contributed by atoms with Crippen molar-refractivity contribution in [3.05, 3.63) is 78.1 Å². The Labute approximate surface area is 210 Å². The van der Waals surface area contributed by atoms with Gasteiger partial charge in [-0.2, -0.15) is 0 Å². The van der Waals surface area contributed by atoms with Gasteiger partial charge in [0.2, 0.25) is 5.91 Å². The Morgan fingerprint density at radius 1 is 0.806 bits per heavy atom.